The van der Waals surface area contributed by atoms with Crippen molar-refractivity contribution in [3.63, 3.8) is 0 Å². The molecule has 0 fully saturated rings. The fraction of sp³-hybridized carbons (Fsp3) is 0.538. The molecule has 7 nitrogen and oxygen atoms in total. The zero-order valence-corrected chi connectivity index (χ0v) is 20.3. The van der Waals surface area contributed by atoms with Crippen molar-refractivity contribution in [3.8, 4) is 11.5 Å². The number of aromatic nitrogens is 1. The van der Waals surface area contributed by atoms with Crippen LogP contribution in [0.25, 0.3) is 0 Å². The first kappa shape index (κ1) is 26.5. The van der Waals surface area contributed by atoms with E-state index in [0.29, 0.717) is 25.1 Å². The number of hydrogen-bond donors (Lipinski definition) is 3. The minimum atomic E-state index is -0.442. The van der Waals surface area contributed by atoms with Crippen LogP contribution in [-0.2, 0) is 33.7 Å². The molecule has 0 aliphatic heterocycles. The van der Waals surface area contributed by atoms with Gasteiger partial charge in [0, 0.05) is 44.6 Å². The summed E-state index contributed by atoms with van der Waals surface area (Å²) in [4.78, 5) is 27.9. The number of unbranched alkanes of at least 4 members (excludes halogenated alkanes) is 1. The standard InChI is InChI=1S/C26H38N2O5/c1-5-6-7-21(12-19-10-11-28-16-19)25(33-18(2)29)15-23(30)9-8-20-14-26(32-4)24(31)13-22(20)17-27-3/h10-11,13-14,16,21,25,27-28,31H,5-9,12,15,17H2,1-4H3. The van der Waals surface area contributed by atoms with Gasteiger partial charge >= 0.3 is 5.97 Å². The summed E-state index contributed by atoms with van der Waals surface area (Å²) in [5.41, 5.74) is 3.02. The van der Waals surface area contributed by atoms with Crippen LogP contribution in [-0.4, -0.2) is 42.1 Å². The molecule has 0 amide bonds. The molecule has 0 saturated carbocycles. The van der Waals surface area contributed by atoms with Crippen LogP contribution in [0.1, 0.15) is 62.6 Å². The van der Waals surface area contributed by atoms with Crippen LogP contribution in [0.15, 0.2) is 30.6 Å². The fourth-order valence-corrected chi connectivity index (χ4v) is 4.20. The number of ketones is 1. The van der Waals surface area contributed by atoms with Gasteiger partial charge in [-0.15, -0.1) is 0 Å². The maximum atomic E-state index is 13.0. The van der Waals surface area contributed by atoms with E-state index >= 15 is 0 Å². The van der Waals surface area contributed by atoms with Crippen LogP contribution in [0.2, 0.25) is 0 Å². The summed E-state index contributed by atoms with van der Waals surface area (Å²) in [6.07, 6.45) is 8.16. The van der Waals surface area contributed by atoms with E-state index in [2.05, 4.69) is 17.2 Å². The molecule has 2 rings (SSSR count). The number of hydrogen-bond acceptors (Lipinski definition) is 6. The minimum absolute atomic E-state index is 0.0549. The predicted octanol–water partition coefficient (Wildman–Crippen LogP) is 4.32. The number of carbonyl (C=O) groups excluding carboxylic acids is 2. The molecule has 7 heteroatoms. The highest BCUT2D eigenvalue weighted by Crippen LogP contribution is 2.31. The van der Waals surface area contributed by atoms with Gasteiger partial charge in [-0.05, 0) is 61.2 Å². The SMILES string of the molecule is CCCCC(Cc1cc[nH]c1)C(CC(=O)CCc1cc(OC)c(O)cc1CNC)OC(C)=O. The molecule has 2 unspecified atom stereocenters. The normalized spacial score (nSPS) is 12.8. The second kappa shape index (κ2) is 13.7. The third-order valence-electron chi connectivity index (χ3n) is 5.90. The second-order valence-corrected chi connectivity index (χ2v) is 8.54. The molecule has 33 heavy (non-hydrogen) atoms. The summed E-state index contributed by atoms with van der Waals surface area (Å²) in [6.45, 7) is 4.11. The Morgan fingerprint density at radius 1 is 1.24 bits per heavy atom. The number of aryl methyl sites for hydroxylation is 1. The molecular formula is C26H38N2O5. The number of esters is 1. The fourth-order valence-electron chi connectivity index (χ4n) is 4.20. The van der Waals surface area contributed by atoms with Gasteiger partial charge < -0.3 is 24.9 Å². The number of Topliss-reactive ketones (excluding diaryl/α,β-unsaturated/α-hetero) is 1. The maximum Gasteiger partial charge on any atom is 0.302 e. The van der Waals surface area contributed by atoms with Crippen LogP contribution < -0.4 is 10.1 Å². The lowest BCUT2D eigenvalue weighted by Crippen LogP contribution is -2.30. The van der Waals surface area contributed by atoms with Crippen molar-refractivity contribution in [2.75, 3.05) is 14.2 Å². The zero-order chi connectivity index (χ0) is 24.2. The molecule has 1 heterocycles. The Bertz CT molecular complexity index is 879. The number of carbonyl (C=O) groups is 2. The lowest BCUT2D eigenvalue weighted by atomic mass is 9.86. The summed E-state index contributed by atoms with van der Waals surface area (Å²) >= 11 is 0. The summed E-state index contributed by atoms with van der Waals surface area (Å²) in [7, 11) is 3.34. The van der Waals surface area contributed by atoms with E-state index in [-0.39, 0.29) is 29.8 Å². The molecule has 1 aromatic heterocycles. The Kier molecular flexibility index (Phi) is 11.0. The molecule has 0 radical (unpaired) electrons. The van der Waals surface area contributed by atoms with E-state index in [9.17, 15) is 14.7 Å². The Morgan fingerprint density at radius 3 is 2.64 bits per heavy atom. The molecule has 0 bridgehead atoms. The quantitative estimate of drug-likeness (QED) is 0.344. The largest absolute Gasteiger partial charge is 0.504 e. The van der Waals surface area contributed by atoms with Crippen LogP contribution in [0, 0.1) is 5.92 Å². The predicted molar refractivity (Wildman–Crippen MR) is 128 cm³/mol. The van der Waals surface area contributed by atoms with Gasteiger partial charge in [0.2, 0.25) is 0 Å². The van der Waals surface area contributed by atoms with Crippen molar-refractivity contribution in [2.45, 2.75) is 71.4 Å². The van der Waals surface area contributed by atoms with E-state index < -0.39 is 6.10 Å². The van der Waals surface area contributed by atoms with Gasteiger partial charge in [0.1, 0.15) is 11.9 Å². The molecular weight excluding hydrogens is 420 g/mol. The Morgan fingerprint density at radius 2 is 2.03 bits per heavy atom. The minimum Gasteiger partial charge on any atom is -0.504 e. The number of aromatic amines is 1. The Labute approximate surface area is 196 Å². The van der Waals surface area contributed by atoms with Gasteiger partial charge in [-0.2, -0.15) is 0 Å². The third kappa shape index (κ3) is 8.57. The van der Waals surface area contributed by atoms with Gasteiger partial charge in [0.25, 0.3) is 0 Å². The van der Waals surface area contributed by atoms with Crippen LogP contribution in [0.4, 0.5) is 0 Å². The smallest absolute Gasteiger partial charge is 0.302 e. The van der Waals surface area contributed by atoms with Crippen molar-refractivity contribution in [3.05, 3.63) is 47.3 Å². The molecule has 0 aliphatic carbocycles. The van der Waals surface area contributed by atoms with Crippen LogP contribution in [0.5, 0.6) is 11.5 Å². The van der Waals surface area contributed by atoms with Gasteiger partial charge in [-0.25, -0.2) is 0 Å². The lowest BCUT2D eigenvalue weighted by Gasteiger charge is -2.26. The molecule has 182 valence electrons. The number of ether oxygens (including phenoxy) is 2. The van der Waals surface area contributed by atoms with Crippen molar-refractivity contribution in [2.24, 2.45) is 5.92 Å². The van der Waals surface area contributed by atoms with Crippen molar-refractivity contribution < 1.29 is 24.2 Å². The van der Waals surface area contributed by atoms with Gasteiger partial charge in [-0.3, -0.25) is 9.59 Å². The molecule has 2 atom stereocenters. The number of benzene rings is 1. The second-order valence-electron chi connectivity index (χ2n) is 8.54. The molecule has 0 spiro atoms. The first-order chi connectivity index (χ1) is 15.9. The monoisotopic (exact) mass is 458 g/mol. The van der Waals surface area contributed by atoms with Gasteiger partial charge in [0.15, 0.2) is 11.5 Å². The summed E-state index contributed by atoms with van der Waals surface area (Å²) in [5, 5.41) is 13.2. The van der Waals surface area contributed by atoms with E-state index in [1.807, 2.05) is 25.5 Å². The molecule has 0 saturated heterocycles. The van der Waals surface area contributed by atoms with Crippen molar-refractivity contribution in [1.82, 2.24) is 10.3 Å². The Balaban J connectivity index is 2.11. The number of rotatable bonds is 15. The van der Waals surface area contributed by atoms with Crippen molar-refractivity contribution in [1.29, 1.82) is 0 Å². The number of nitrogens with one attached hydrogen (secondary N) is 2. The van der Waals surface area contributed by atoms with Gasteiger partial charge in [0.05, 0.1) is 7.11 Å². The summed E-state index contributed by atoms with van der Waals surface area (Å²) < 4.78 is 10.9. The maximum absolute atomic E-state index is 13.0. The highest BCUT2D eigenvalue weighted by atomic mass is 16.5. The molecule has 0 aliphatic rings. The molecule has 3 N–H and O–H groups in total. The van der Waals surface area contributed by atoms with Crippen LogP contribution >= 0.6 is 0 Å². The van der Waals surface area contributed by atoms with Gasteiger partial charge in [-0.1, -0.05) is 19.8 Å². The number of phenolic OH excluding ortho intramolecular Hbond substituents is 1. The highest BCUT2D eigenvalue weighted by Gasteiger charge is 2.27. The average Bonchev–Trinajstić information content (AvgIpc) is 3.28. The topological polar surface area (TPSA) is 101 Å². The zero-order valence-electron chi connectivity index (χ0n) is 20.3. The number of phenols is 1. The molecule has 2 aromatic rings. The average molecular weight is 459 g/mol. The van der Waals surface area contributed by atoms with E-state index in [1.54, 1.807) is 12.1 Å². The highest BCUT2D eigenvalue weighted by molar-refractivity contribution is 5.79. The summed E-state index contributed by atoms with van der Waals surface area (Å²) in [5.74, 6) is 0.252. The molecule has 1 aromatic carbocycles. The van der Waals surface area contributed by atoms with E-state index in [0.717, 1.165) is 42.4 Å². The summed E-state index contributed by atoms with van der Waals surface area (Å²) in [6, 6.07) is 5.48. The van der Waals surface area contributed by atoms with Crippen LogP contribution in [0.3, 0.4) is 0 Å². The first-order valence-corrected chi connectivity index (χ1v) is 11.7. The third-order valence-corrected chi connectivity index (χ3v) is 5.90. The Hall–Kier alpha value is -2.80. The first-order valence-electron chi connectivity index (χ1n) is 11.7. The number of methoxy groups -OCH3 is 1. The number of aromatic hydroxyl groups is 1. The van der Waals surface area contributed by atoms with E-state index in [1.165, 1.54) is 14.0 Å². The lowest BCUT2D eigenvalue weighted by molar-refractivity contribution is -0.150. The van der Waals surface area contributed by atoms with Crippen molar-refractivity contribution >= 4 is 11.8 Å². The van der Waals surface area contributed by atoms with E-state index in [4.69, 9.17) is 9.47 Å². The number of H-pyrrole nitrogens is 1.